The van der Waals surface area contributed by atoms with E-state index in [9.17, 15) is 0 Å². The summed E-state index contributed by atoms with van der Waals surface area (Å²) in [7, 11) is -4.67. The molecule has 0 atom stereocenters. The summed E-state index contributed by atoms with van der Waals surface area (Å²) in [6, 6.07) is 0. The first kappa shape index (κ1) is 849. The van der Waals surface area contributed by atoms with Gasteiger partial charge in [-0.05, 0) is 0 Å². The van der Waals surface area contributed by atoms with Gasteiger partial charge in [0.25, 0.3) is 0 Å². The van der Waals surface area contributed by atoms with Crippen molar-refractivity contribution in [3.63, 3.8) is 0 Å². The second-order valence-corrected chi connectivity index (χ2v) is 1.34. The summed E-state index contributed by atoms with van der Waals surface area (Å²) >= 11 is 0. The van der Waals surface area contributed by atoms with E-state index in [1.807, 2.05) is 0 Å². The van der Waals surface area contributed by atoms with Gasteiger partial charge in [0.1, 0.15) is 0 Å². The van der Waals surface area contributed by atoms with Crippen LogP contribution in [0.4, 0.5) is 0 Å². The normalized spacial score (nSPS) is 2.64. The lowest BCUT2D eigenvalue weighted by atomic mass is 15.8. The molecule has 0 saturated carbocycles. The van der Waals surface area contributed by atoms with E-state index in [4.69, 9.17) is 17.5 Å². The predicted molar refractivity (Wildman–Crippen MR) is 75.6 cm³/mol. The van der Waals surface area contributed by atoms with Gasteiger partial charge in [0.15, 0.2) is 0 Å². The van der Waals surface area contributed by atoms with Crippen molar-refractivity contribution in [1.82, 2.24) is 0 Å². The fourth-order valence-electron chi connectivity index (χ4n) is 0. The highest BCUT2D eigenvalue weighted by molar-refractivity contribution is 7.79. The molecule has 0 radical (unpaired) electrons. The lowest BCUT2D eigenvalue weighted by Gasteiger charge is -1.68. The molecule has 0 unspecified atom stereocenters. The summed E-state index contributed by atoms with van der Waals surface area (Å²) in [6.07, 6.45) is 0. The molecular weight excluding hydrogens is 368 g/mol. The first-order chi connectivity index (χ1) is 2.00. The molecule has 0 aliphatic heterocycles. The van der Waals surface area contributed by atoms with Crippen LogP contribution in [0.25, 0.3) is 0 Å². The Balaban J connectivity index is -0.000000000588. The van der Waals surface area contributed by atoms with Crippen LogP contribution >= 0.6 is 0 Å². The van der Waals surface area contributed by atoms with Crippen LogP contribution in [0.3, 0.4) is 0 Å². The Bertz CT molecular complexity index is 89.1. The quantitative estimate of drug-likeness (QED) is 0.371. The predicted octanol–water partition coefficient (Wildman–Crippen LogP) is -14.7. The maximum absolute atomic E-state index is 8.74. The standard InChI is InChI=1S/H2O4S.17H2O/c1-5(2,3)4;;;;;;;;;;;;;;;;;/h(H2,1,2,3,4);17*1H2. The smallest absolute Gasteiger partial charge is 0.394 e. The number of hydrogen-bond donors (Lipinski definition) is 2. The molecule has 0 aromatic heterocycles. The topological polar surface area (TPSA) is 610 Å². The van der Waals surface area contributed by atoms with E-state index in [-0.39, 0.29) is 93.1 Å². The van der Waals surface area contributed by atoms with E-state index in [2.05, 4.69) is 0 Å². The largest absolute Gasteiger partial charge is 0.412 e. The first-order valence-corrected chi connectivity index (χ1v) is 2.10. The maximum atomic E-state index is 8.74. The van der Waals surface area contributed by atoms with Crippen molar-refractivity contribution in [1.29, 1.82) is 0 Å². The zero-order chi connectivity index (χ0) is 4.50. The van der Waals surface area contributed by atoms with E-state index in [1.54, 1.807) is 0 Å². The maximum Gasteiger partial charge on any atom is 0.394 e. The van der Waals surface area contributed by atoms with Crippen molar-refractivity contribution < 1.29 is 111 Å². The molecule has 0 aliphatic carbocycles. The highest BCUT2D eigenvalue weighted by Crippen LogP contribution is 1.59. The molecule has 0 spiro atoms. The number of rotatable bonds is 0. The van der Waals surface area contributed by atoms with Crippen molar-refractivity contribution >= 4 is 10.4 Å². The minimum atomic E-state index is -4.67. The second kappa shape index (κ2) is 276. The summed E-state index contributed by atoms with van der Waals surface area (Å²) in [5, 5.41) is 0. The van der Waals surface area contributed by atoms with Gasteiger partial charge < -0.3 is 93.1 Å². The first-order valence-electron chi connectivity index (χ1n) is 0.698. The molecule has 0 rings (SSSR count). The van der Waals surface area contributed by atoms with Crippen LogP contribution in [-0.2, 0) is 10.4 Å². The van der Waals surface area contributed by atoms with Crippen LogP contribution in [0, 0.1) is 0 Å². The second-order valence-electron chi connectivity index (χ2n) is 0.448. The Morgan fingerprint density at radius 2 is 0.318 bits per heavy atom. The van der Waals surface area contributed by atoms with Gasteiger partial charge in [0.05, 0.1) is 0 Å². The Morgan fingerprint density at radius 3 is 0.318 bits per heavy atom. The van der Waals surface area contributed by atoms with Crippen LogP contribution in [0.15, 0.2) is 0 Å². The van der Waals surface area contributed by atoms with Crippen LogP contribution in [-0.4, -0.2) is 111 Å². The molecule has 22 heavy (non-hydrogen) atoms. The molecule has 0 heterocycles. The van der Waals surface area contributed by atoms with Crippen molar-refractivity contribution in [2.75, 3.05) is 0 Å². The minimum absolute atomic E-state index is 0. The molecule has 36 N–H and O–H groups in total. The molecular formula is H36O21S. The van der Waals surface area contributed by atoms with Gasteiger partial charge in [-0.2, -0.15) is 8.42 Å². The van der Waals surface area contributed by atoms with Crippen LogP contribution in [0.5, 0.6) is 0 Å². The van der Waals surface area contributed by atoms with Gasteiger partial charge >= 0.3 is 10.4 Å². The van der Waals surface area contributed by atoms with E-state index in [1.165, 1.54) is 0 Å². The van der Waals surface area contributed by atoms with Crippen molar-refractivity contribution in [2.24, 2.45) is 0 Å². The molecule has 0 bridgehead atoms. The van der Waals surface area contributed by atoms with Gasteiger partial charge in [0, 0.05) is 0 Å². The molecule has 0 saturated heterocycles. The molecule has 0 aromatic carbocycles. The van der Waals surface area contributed by atoms with Crippen molar-refractivity contribution in [2.45, 2.75) is 0 Å². The third kappa shape index (κ3) is 9680. The Labute approximate surface area is 122 Å². The lowest BCUT2D eigenvalue weighted by molar-refractivity contribution is 0.380. The highest BCUT2D eigenvalue weighted by Gasteiger charge is 1.84. The van der Waals surface area contributed by atoms with E-state index in [0.29, 0.717) is 0 Å². The van der Waals surface area contributed by atoms with E-state index in [0.717, 1.165) is 0 Å². The zero-order valence-electron chi connectivity index (χ0n) is 10.6. The van der Waals surface area contributed by atoms with Crippen LogP contribution < -0.4 is 0 Å². The molecule has 22 heteroatoms. The molecule has 0 fully saturated rings. The van der Waals surface area contributed by atoms with Gasteiger partial charge in [-0.1, -0.05) is 0 Å². The van der Waals surface area contributed by atoms with Gasteiger partial charge in [-0.25, -0.2) is 0 Å². The Morgan fingerprint density at radius 1 is 0.318 bits per heavy atom. The van der Waals surface area contributed by atoms with E-state index >= 15 is 0 Å². The summed E-state index contributed by atoms with van der Waals surface area (Å²) in [5.41, 5.74) is 0. The van der Waals surface area contributed by atoms with Crippen molar-refractivity contribution in [3.05, 3.63) is 0 Å². The summed E-state index contributed by atoms with van der Waals surface area (Å²) in [4.78, 5) is 0. The SMILES string of the molecule is O.O.O.O.O.O.O.O.O.O.O.O.O.O.O.O.O.O=S(=O)(O)O. The number of hydrogen-bond acceptors (Lipinski definition) is 2. The third-order valence-corrected chi connectivity index (χ3v) is 0. The summed E-state index contributed by atoms with van der Waals surface area (Å²) < 4.78 is 31.6. The Hall–Kier alpha value is -0.810. The van der Waals surface area contributed by atoms with Crippen molar-refractivity contribution in [3.8, 4) is 0 Å². The highest BCUT2D eigenvalue weighted by atomic mass is 32.3. The monoisotopic (exact) mass is 404 g/mol. The third-order valence-electron chi connectivity index (χ3n) is 0. The average molecular weight is 404 g/mol. The fourth-order valence-corrected chi connectivity index (χ4v) is 0. The minimum Gasteiger partial charge on any atom is -0.412 e. The molecule has 168 valence electrons. The van der Waals surface area contributed by atoms with Crippen LogP contribution in [0.1, 0.15) is 0 Å². The molecule has 0 amide bonds. The molecule has 0 aliphatic rings. The average Bonchev–Trinajstić information content (AvgIpc) is 0.722. The zero-order valence-corrected chi connectivity index (χ0v) is 11.4. The molecule has 21 nitrogen and oxygen atoms in total. The van der Waals surface area contributed by atoms with Crippen LogP contribution in [0.2, 0.25) is 0 Å². The molecule has 0 aromatic rings. The van der Waals surface area contributed by atoms with E-state index < -0.39 is 10.4 Å². The van der Waals surface area contributed by atoms with Gasteiger partial charge in [0.2, 0.25) is 0 Å². The summed E-state index contributed by atoms with van der Waals surface area (Å²) in [5.74, 6) is 0. The fraction of sp³-hybridized carbons (Fsp3) is 0. The van der Waals surface area contributed by atoms with Gasteiger partial charge in [-0.15, -0.1) is 0 Å². The van der Waals surface area contributed by atoms with Gasteiger partial charge in [-0.3, -0.25) is 9.11 Å². The lowest BCUT2D eigenvalue weighted by Crippen LogP contribution is -1.89. The Kier molecular flexibility index (Phi) is 10700. The summed E-state index contributed by atoms with van der Waals surface area (Å²) in [6.45, 7) is 0.